The molecule has 7 nitrogen and oxygen atoms in total. The van der Waals surface area contributed by atoms with Gasteiger partial charge in [-0.2, -0.15) is 18.2 Å². The minimum Gasteiger partial charge on any atom is -0.192 e. The minimum atomic E-state index is -3.78. The van der Waals surface area contributed by atoms with E-state index in [2.05, 4.69) is 19.8 Å². The van der Waals surface area contributed by atoms with E-state index in [0.29, 0.717) is 6.42 Å². The van der Waals surface area contributed by atoms with E-state index in [1.165, 1.54) is 12.1 Å². The molecule has 0 bridgehead atoms. The number of nitrogens with one attached hydrogen (secondary N) is 1. The summed E-state index contributed by atoms with van der Waals surface area (Å²) in [6.45, 7) is 2.44. The molecule has 8 heteroatoms. The van der Waals surface area contributed by atoms with Crippen molar-refractivity contribution >= 4 is 10.1 Å². The summed E-state index contributed by atoms with van der Waals surface area (Å²) in [6.07, 6.45) is 0.494. The number of benzene rings is 1. The first-order chi connectivity index (χ1) is 8.56. The fourth-order valence-corrected chi connectivity index (χ4v) is 1.94. The molecular weight excluding hydrogens is 256 g/mol. The fourth-order valence-electron chi connectivity index (χ4n) is 1.14. The van der Waals surface area contributed by atoms with Crippen molar-refractivity contribution in [3.05, 3.63) is 40.3 Å². The molecule has 0 saturated heterocycles. The number of hydroxylamine groups is 1. The lowest BCUT2D eigenvalue weighted by molar-refractivity contribution is 0.203. The SMILES string of the molecule is Cc1ccc(S(=O)(=O)ONCCCN=[N+]=[N-])cc1. The van der Waals surface area contributed by atoms with E-state index in [0.717, 1.165) is 5.56 Å². The van der Waals surface area contributed by atoms with Gasteiger partial charge in [-0.05, 0) is 31.0 Å². The van der Waals surface area contributed by atoms with Crippen molar-refractivity contribution in [1.82, 2.24) is 5.48 Å². The maximum atomic E-state index is 11.7. The first kappa shape index (κ1) is 14.5. The molecule has 0 aromatic heterocycles. The van der Waals surface area contributed by atoms with Crippen molar-refractivity contribution < 1.29 is 12.7 Å². The molecule has 0 aliphatic heterocycles. The summed E-state index contributed by atoms with van der Waals surface area (Å²) < 4.78 is 28.0. The van der Waals surface area contributed by atoms with Crippen LogP contribution in [0.4, 0.5) is 0 Å². The van der Waals surface area contributed by atoms with Crippen LogP contribution in [0.1, 0.15) is 12.0 Å². The van der Waals surface area contributed by atoms with E-state index in [1.807, 2.05) is 6.92 Å². The average Bonchev–Trinajstić information content (AvgIpc) is 2.34. The quantitative estimate of drug-likeness (QED) is 0.268. The lowest BCUT2D eigenvalue weighted by Crippen LogP contribution is -2.21. The monoisotopic (exact) mass is 270 g/mol. The van der Waals surface area contributed by atoms with Crippen LogP contribution < -0.4 is 5.48 Å². The predicted octanol–water partition coefficient (Wildman–Crippen LogP) is 1.91. The Bertz CT molecular complexity index is 521. The molecule has 0 aliphatic carbocycles. The van der Waals surface area contributed by atoms with E-state index < -0.39 is 10.1 Å². The molecule has 0 radical (unpaired) electrons. The van der Waals surface area contributed by atoms with Crippen molar-refractivity contribution in [1.29, 1.82) is 0 Å². The summed E-state index contributed by atoms with van der Waals surface area (Å²) in [5.74, 6) is 0. The van der Waals surface area contributed by atoms with Gasteiger partial charge in [0.15, 0.2) is 0 Å². The highest BCUT2D eigenvalue weighted by atomic mass is 32.2. The molecule has 0 unspecified atom stereocenters. The van der Waals surface area contributed by atoms with Crippen LogP contribution in [0.2, 0.25) is 0 Å². The zero-order valence-electron chi connectivity index (χ0n) is 9.91. The third-order valence-electron chi connectivity index (χ3n) is 2.08. The number of hydrogen-bond acceptors (Lipinski definition) is 5. The van der Waals surface area contributed by atoms with Crippen molar-refractivity contribution in [2.24, 2.45) is 5.11 Å². The lowest BCUT2D eigenvalue weighted by Gasteiger charge is -2.06. The van der Waals surface area contributed by atoms with Gasteiger partial charge in [-0.25, -0.2) is 0 Å². The summed E-state index contributed by atoms with van der Waals surface area (Å²) >= 11 is 0. The summed E-state index contributed by atoms with van der Waals surface area (Å²) in [4.78, 5) is 2.67. The van der Waals surface area contributed by atoms with Gasteiger partial charge in [0.05, 0.1) is 4.90 Å². The van der Waals surface area contributed by atoms with E-state index in [-0.39, 0.29) is 18.0 Å². The van der Waals surface area contributed by atoms with Gasteiger partial charge < -0.3 is 0 Å². The van der Waals surface area contributed by atoms with Gasteiger partial charge >= 0.3 is 10.1 Å². The third kappa shape index (κ3) is 4.72. The van der Waals surface area contributed by atoms with Crippen LogP contribution in [0.3, 0.4) is 0 Å². The maximum Gasteiger partial charge on any atom is 0.312 e. The molecule has 1 aromatic carbocycles. The Balaban J connectivity index is 2.45. The van der Waals surface area contributed by atoms with Crippen molar-refractivity contribution in [2.75, 3.05) is 13.1 Å². The summed E-state index contributed by atoms with van der Waals surface area (Å²) in [5, 5.41) is 3.31. The Hall–Kier alpha value is -1.60. The summed E-state index contributed by atoms with van der Waals surface area (Å²) in [6, 6.07) is 6.34. The molecule has 98 valence electrons. The van der Waals surface area contributed by atoms with Gasteiger partial charge in [0, 0.05) is 18.0 Å². The highest BCUT2D eigenvalue weighted by Gasteiger charge is 2.14. The Morgan fingerprint density at radius 2 is 2.06 bits per heavy atom. The first-order valence-corrected chi connectivity index (χ1v) is 6.71. The number of hydrogen-bond donors (Lipinski definition) is 1. The highest BCUT2D eigenvalue weighted by molar-refractivity contribution is 7.86. The van der Waals surface area contributed by atoms with Crippen LogP contribution in [0, 0.1) is 6.92 Å². The smallest absolute Gasteiger partial charge is 0.192 e. The molecule has 0 fully saturated rings. The predicted molar refractivity (Wildman–Crippen MR) is 66.1 cm³/mol. The van der Waals surface area contributed by atoms with E-state index >= 15 is 0 Å². The molecule has 0 spiro atoms. The van der Waals surface area contributed by atoms with Gasteiger partial charge in [0.2, 0.25) is 0 Å². The van der Waals surface area contributed by atoms with Crippen LogP contribution in [-0.4, -0.2) is 21.5 Å². The van der Waals surface area contributed by atoms with Crippen LogP contribution in [0.5, 0.6) is 0 Å². The second kappa shape index (κ2) is 6.97. The van der Waals surface area contributed by atoms with Gasteiger partial charge in [-0.1, -0.05) is 22.8 Å². The van der Waals surface area contributed by atoms with Crippen LogP contribution >= 0.6 is 0 Å². The maximum absolute atomic E-state index is 11.7. The normalized spacial score (nSPS) is 10.9. The van der Waals surface area contributed by atoms with Gasteiger partial charge in [-0.15, -0.1) is 0 Å². The Kier molecular flexibility index (Phi) is 5.60. The van der Waals surface area contributed by atoms with E-state index in [9.17, 15) is 8.42 Å². The van der Waals surface area contributed by atoms with Crippen molar-refractivity contribution in [2.45, 2.75) is 18.2 Å². The van der Waals surface area contributed by atoms with E-state index in [1.54, 1.807) is 12.1 Å². The van der Waals surface area contributed by atoms with Crippen LogP contribution in [0.15, 0.2) is 34.3 Å². The first-order valence-electron chi connectivity index (χ1n) is 5.30. The molecular formula is C10H14N4O3S. The fraction of sp³-hybridized carbons (Fsp3) is 0.400. The van der Waals surface area contributed by atoms with E-state index in [4.69, 9.17) is 5.53 Å². The zero-order valence-corrected chi connectivity index (χ0v) is 10.7. The number of aryl methyl sites for hydroxylation is 1. The molecule has 1 rings (SSSR count). The Morgan fingerprint density at radius 1 is 1.39 bits per heavy atom. The second-order valence-electron chi connectivity index (χ2n) is 3.55. The molecule has 0 heterocycles. The summed E-state index contributed by atoms with van der Waals surface area (Å²) in [7, 11) is -3.78. The lowest BCUT2D eigenvalue weighted by atomic mass is 10.2. The Morgan fingerprint density at radius 3 is 2.67 bits per heavy atom. The molecule has 0 atom stereocenters. The van der Waals surface area contributed by atoms with Crippen molar-refractivity contribution in [3.63, 3.8) is 0 Å². The van der Waals surface area contributed by atoms with Crippen LogP contribution in [0.25, 0.3) is 10.4 Å². The van der Waals surface area contributed by atoms with Gasteiger partial charge in [0.25, 0.3) is 0 Å². The number of rotatable bonds is 7. The topological polar surface area (TPSA) is 104 Å². The molecule has 1 aromatic rings. The molecule has 0 amide bonds. The summed E-state index contributed by atoms with van der Waals surface area (Å²) in [5.41, 5.74) is 11.3. The highest BCUT2D eigenvalue weighted by Crippen LogP contribution is 2.11. The largest absolute Gasteiger partial charge is 0.312 e. The van der Waals surface area contributed by atoms with Gasteiger partial charge in [-0.3, -0.25) is 0 Å². The standard InChI is InChI=1S/C10H14N4O3S/c1-9-3-5-10(6-4-9)18(15,16)17-13-8-2-7-12-14-11/h3-6,13H,2,7-8H2,1H3. The van der Waals surface area contributed by atoms with Crippen molar-refractivity contribution in [3.8, 4) is 0 Å². The molecule has 0 saturated carbocycles. The number of azide groups is 1. The van der Waals surface area contributed by atoms with Gasteiger partial charge in [0.1, 0.15) is 0 Å². The molecule has 0 aliphatic rings. The Labute approximate surface area is 105 Å². The molecule has 1 N–H and O–H groups in total. The number of nitrogens with zero attached hydrogens (tertiary/aromatic N) is 3. The minimum absolute atomic E-state index is 0.0932. The van der Waals surface area contributed by atoms with Crippen LogP contribution in [-0.2, 0) is 14.4 Å². The third-order valence-corrected chi connectivity index (χ3v) is 3.27. The second-order valence-corrected chi connectivity index (χ2v) is 5.10. The molecule has 18 heavy (non-hydrogen) atoms. The average molecular weight is 270 g/mol. The zero-order chi connectivity index (χ0) is 13.4.